The summed E-state index contributed by atoms with van der Waals surface area (Å²) in [7, 11) is 0. The van der Waals surface area contributed by atoms with Crippen molar-refractivity contribution >= 4 is 5.97 Å². The van der Waals surface area contributed by atoms with E-state index in [4.69, 9.17) is 19.1 Å². The number of aromatic amines is 1. The number of ether oxygens (including phenoxy) is 2. The van der Waals surface area contributed by atoms with E-state index in [1.54, 1.807) is 6.92 Å². The van der Waals surface area contributed by atoms with Crippen molar-refractivity contribution in [2.24, 2.45) is 0 Å². The number of hydrogen-bond acceptors (Lipinski definition) is 8. The third kappa shape index (κ3) is 4.17. The highest BCUT2D eigenvalue weighted by atomic mass is 16.5. The molecule has 0 saturated heterocycles. The summed E-state index contributed by atoms with van der Waals surface area (Å²) >= 11 is 0. The van der Waals surface area contributed by atoms with Crippen LogP contribution in [0.2, 0.25) is 0 Å². The molecule has 28 heavy (non-hydrogen) atoms. The molecule has 0 spiro atoms. The number of nitrogens with zero attached hydrogens (tertiary/aromatic N) is 3. The molecule has 0 aliphatic rings. The molecule has 2 aromatic heterocycles. The summed E-state index contributed by atoms with van der Waals surface area (Å²) in [6.45, 7) is 5.85. The van der Waals surface area contributed by atoms with Crippen LogP contribution in [0.4, 0.5) is 0 Å². The lowest BCUT2D eigenvalue weighted by atomic mass is 10.1. The Balaban J connectivity index is 1.61. The molecule has 3 rings (SSSR count). The van der Waals surface area contributed by atoms with E-state index in [9.17, 15) is 9.59 Å². The molecule has 0 bridgehead atoms. The number of carbonyl (C=O) groups is 1. The molecular formula is C18H18N4O6. The molecule has 0 radical (unpaired) electrons. The summed E-state index contributed by atoms with van der Waals surface area (Å²) in [4.78, 5) is 32.6. The maximum Gasteiger partial charge on any atom is 0.342 e. The van der Waals surface area contributed by atoms with Crippen LogP contribution in [0.25, 0.3) is 11.4 Å². The van der Waals surface area contributed by atoms with Crippen LogP contribution < -0.4 is 15.0 Å². The van der Waals surface area contributed by atoms with Gasteiger partial charge in [0.05, 0.1) is 6.20 Å². The number of benzene rings is 1. The Morgan fingerprint density at radius 3 is 2.43 bits per heavy atom. The maximum atomic E-state index is 11.6. The van der Waals surface area contributed by atoms with E-state index in [1.165, 1.54) is 0 Å². The van der Waals surface area contributed by atoms with Gasteiger partial charge in [0, 0.05) is 12.5 Å². The number of H-pyrrole nitrogens is 1. The van der Waals surface area contributed by atoms with Crippen LogP contribution in [0.15, 0.2) is 27.6 Å². The van der Waals surface area contributed by atoms with Crippen molar-refractivity contribution in [3.8, 4) is 23.1 Å². The zero-order valence-corrected chi connectivity index (χ0v) is 15.5. The topological polar surface area (TPSA) is 140 Å². The highest BCUT2D eigenvalue weighted by molar-refractivity contribution is 5.86. The van der Waals surface area contributed by atoms with Crippen molar-refractivity contribution in [3.05, 3.63) is 51.3 Å². The van der Waals surface area contributed by atoms with Gasteiger partial charge >= 0.3 is 5.97 Å². The van der Waals surface area contributed by atoms with Gasteiger partial charge in [-0.05, 0) is 37.1 Å². The Kier molecular flexibility index (Phi) is 5.39. The van der Waals surface area contributed by atoms with Crippen molar-refractivity contribution in [3.63, 3.8) is 0 Å². The molecule has 2 heterocycles. The van der Waals surface area contributed by atoms with Crippen LogP contribution in [0.5, 0.6) is 11.8 Å². The molecule has 0 aliphatic heterocycles. The van der Waals surface area contributed by atoms with Gasteiger partial charge in [-0.3, -0.25) is 9.78 Å². The fraction of sp³-hybridized carbons (Fsp3) is 0.278. The number of nitrogens with one attached hydrogen (secondary N) is 1. The molecule has 0 atom stereocenters. The molecule has 146 valence electrons. The van der Waals surface area contributed by atoms with E-state index in [-0.39, 0.29) is 19.2 Å². The van der Waals surface area contributed by atoms with Gasteiger partial charge in [0.25, 0.3) is 11.6 Å². The zero-order chi connectivity index (χ0) is 20.3. The summed E-state index contributed by atoms with van der Waals surface area (Å²) < 4.78 is 16.1. The van der Waals surface area contributed by atoms with E-state index in [0.29, 0.717) is 17.5 Å². The van der Waals surface area contributed by atoms with Crippen LogP contribution >= 0.6 is 0 Å². The van der Waals surface area contributed by atoms with Crippen molar-refractivity contribution < 1.29 is 23.9 Å². The number of hydrogen-bond donors (Lipinski definition) is 2. The summed E-state index contributed by atoms with van der Waals surface area (Å²) in [5, 5.41) is 12.7. The van der Waals surface area contributed by atoms with Gasteiger partial charge in [-0.2, -0.15) is 4.98 Å². The second kappa shape index (κ2) is 7.91. The summed E-state index contributed by atoms with van der Waals surface area (Å²) in [6, 6.07) is 3.73. The van der Waals surface area contributed by atoms with Crippen molar-refractivity contribution in [1.29, 1.82) is 0 Å². The first-order valence-corrected chi connectivity index (χ1v) is 8.35. The standard InChI is InChI=1S/C18H18N4O6/c1-9-6-12(15-20-11(3)28-22-15)7-10(2)14(9)26-4-5-27-18-19-8-13(17(24)25)16(23)21-18/h6-8H,4-5H2,1-3H3,(H,24,25)(H,19,21,23). The second-order valence-corrected chi connectivity index (χ2v) is 6.01. The van der Waals surface area contributed by atoms with E-state index in [0.717, 1.165) is 22.9 Å². The van der Waals surface area contributed by atoms with Crippen LogP contribution in [0, 0.1) is 20.8 Å². The highest BCUT2D eigenvalue weighted by Gasteiger charge is 2.13. The van der Waals surface area contributed by atoms with Crippen molar-refractivity contribution in [1.82, 2.24) is 20.1 Å². The van der Waals surface area contributed by atoms with Gasteiger partial charge < -0.3 is 19.1 Å². The number of aryl methyl sites for hydroxylation is 3. The van der Waals surface area contributed by atoms with E-state index in [1.807, 2.05) is 26.0 Å². The minimum absolute atomic E-state index is 0.0742. The second-order valence-electron chi connectivity index (χ2n) is 6.01. The molecule has 0 fully saturated rings. The van der Waals surface area contributed by atoms with E-state index < -0.39 is 17.1 Å². The average molecular weight is 386 g/mol. The summed E-state index contributed by atoms with van der Waals surface area (Å²) in [6.07, 6.45) is 0.948. The lowest BCUT2D eigenvalue weighted by molar-refractivity contribution is 0.0694. The van der Waals surface area contributed by atoms with Gasteiger partial charge in [0.2, 0.25) is 11.7 Å². The smallest absolute Gasteiger partial charge is 0.342 e. The molecular weight excluding hydrogens is 368 g/mol. The lowest BCUT2D eigenvalue weighted by Crippen LogP contribution is -2.20. The minimum Gasteiger partial charge on any atom is -0.489 e. The van der Waals surface area contributed by atoms with Crippen LogP contribution in [-0.2, 0) is 0 Å². The third-order valence-corrected chi connectivity index (χ3v) is 3.82. The van der Waals surface area contributed by atoms with Crippen molar-refractivity contribution in [2.75, 3.05) is 13.2 Å². The van der Waals surface area contributed by atoms with E-state index in [2.05, 4.69) is 20.1 Å². The highest BCUT2D eigenvalue weighted by Crippen LogP contribution is 2.29. The number of aromatic nitrogens is 4. The third-order valence-electron chi connectivity index (χ3n) is 3.82. The molecule has 10 nitrogen and oxygen atoms in total. The maximum absolute atomic E-state index is 11.6. The predicted octanol–water partition coefficient (Wildman–Crippen LogP) is 1.90. The first-order chi connectivity index (χ1) is 13.3. The fourth-order valence-electron chi connectivity index (χ4n) is 2.61. The first kappa shape index (κ1) is 19.1. The molecule has 0 unspecified atom stereocenters. The number of aromatic carboxylic acids is 1. The van der Waals surface area contributed by atoms with Crippen molar-refractivity contribution in [2.45, 2.75) is 20.8 Å². The molecule has 10 heteroatoms. The van der Waals surface area contributed by atoms with Gasteiger partial charge in [-0.1, -0.05) is 5.16 Å². The molecule has 0 amide bonds. The van der Waals surface area contributed by atoms with Gasteiger partial charge in [0.1, 0.15) is 24.5 Å². The van der Waals surface area contributed by atoms with Gasteiger partial charge in [0.15, 0.2) is 0 Å². The Morgan fingerprint density at radius 1 is 1.18 bits per heavy atom. The number of carboxylic acid groups (broad SMARTS) is 1. The van der Waals surface area contributed by atoms with Crippen LogP contribution in [0.1, 0.15) is 27.4 Å². The predicted molar refractivity (Wildman–Crippen MR) is 96.8 cm³/mol. The SMILES string of the molecule is Cc1nc(-c2cc(C)c(OCCOc3ncc(C(=O)O)c(=O)[nH]3)c(C)c2)no1. The first-order valence-electron chi connectivity index (χ1n) is 8.35. The summed E-state index contributed by atoms with van der Waals surface area (Å²) in [5.74, 6) is 0.355. The Bertz CT molecular complexity index is 1050. The fourth-order valence-corrected chi connectivity index (χ4v) is 2.61. The van der Waals surface area contributed by atoms with Crippen LogP contribution in [0.3, 0.4) is 0 Å². The number of carboxylic acids is 1. The molecule has 2 N–H and O–H groups in total. The lowest BCUT2D eigenvalue weighted by Gasteiger charge is -2.13. The molecule has 1 aromatic carbocycles. The molecule has 0 saturated carbocycles. The Hall–Kier alpha value is -3.69. The minimum atomic E-state index is -1.35. The summed E-state index contributed by atoms with van der Waals surface area (Å²) in [5.41, 5.74) is 1.39. The molecule has 3 aromatic rings. The quantitative estimate of drug-likeness (QED) is 0.582. The zero-order valence-electron chi connectivity index (χ0n) is 15.5. The monoisotopic (exact) mass is 386 g/mol. The molecule has 0 aliphatic carbocycles. The van der Waals surface area contributed by atoms with Crippen LogP contribution in [-0.4, -0.2) is 44.4 Å². The Labute approximate surface area is 159 Å². The normalized spacial score (nSPS) is 10.7. The van der Waals surface area contributed by atoms with Gasteiger partial charge in [-0.15, -0.1) is 0 Å². The number of rotatable bonds is 7. The largest absolute Gasteiger partial charge is 0.489 e. The average Bonchev–Trinajstić information content (AvgIpc) is 3.06. The Morgan fingerprint density at radius 2 is 1.86 bits per heavy atom. The van der Waals surface area contributed by atoms with E-state index >= 15 is 0 Å². The van der Waals surface area contributed by atoms with Gasteiger partial charge in [-0.25, -0.2) is 9.78 Å².